The van der Waals surface area contributed by atoms with Crippen molar-refractivity contribution in [1.29, 1.82) is 0 Å². The van der Waals surface area contributed by atoms with Crippen molar-refractivity contribution in [2.45, 2.75) is 45.3 Å². The summed E-state index contributed by atoms with van der Waals surface area (Å²) in [6, 6.07) is 2.52. The minimum absolute atomic E-state index is 0.0911. The van der Waals surface area contributed by atoms with Crippen LogP contribution in [0.5, 0.6) is 0 Å². The molecule has 4 heterocycles. The van der Waals surface area contributed by atoms with Crippen LogP contribution in [0.3, 0.4) is 0 Å². The van der Waals surface area contributed by atoms with E-state index in [2.05, 4.69) is 27.1 Å². The lowest BCUT2D eigenvalue weighted by Crippen LogP contribution is -2.45. The van der Waals surface area contributed by atoms with Crippen molar-refractivity contribution >= 4 is 33.7 Å². The molecule has 4 rings (SSSR count). The summed E-state index contributed by atoms with van der Waals surface area (Å²) in [7, 11) is 0. The van der Waals surface area contributed by atoms with E-state index in [0.717, 1.165) is 49.8 Å². The lowest BCUT2D eigenvalue weighted by atomic mass is 9.93. The molecule has 1 N–H and O–H groups in total. The molecule has 0 aromatic carbocycles. The van der Waals surface area contributed by atoms with Gasteiger partial charge in [-0.05, 0) is 36.8 Å². The predicted octanol–water partition coefficient (Wildman–Crippen LogP) is 3.87. The van der Waals surface area contributed by atoms with E-state index in [4.69, 9.17) is 4.74 Å². The van der Waals surface area contributed by atoms with Crippen LogP contribution in [0.4, 0.5) is 5.13 Å². The number of hydrogen-bond donors (Lipinski definition) is 1. The first-order chi connectivity index (χ1) is 12.6. The Bertz CT molecular complexity index is 764. The Kier molecular flexibility index (Phi) is 5.29. The van der Waals surface area contributed by atoms with Crippen molar-refractivity contribution in [1.82, 2.24) is 9.88 Å². The Labute approximate surface area is 162 Å². The van der Waals surface area contributed by atoms with E-state index >= 15 is 0 Å². The molecule has 1 saturated heterocycles. The number of piperidine rings is 1. The molecule has 0 radical (unpaired) electrons. The summed E-state index contributed by atoms with van der Waals surface area (Å²) in [6.07, 6.45) is 2.81. The zero-order valence-electron chi connectivity index (χ0n) is 15.2. The number of nitrogens with zero attached hydrogens (tertiary/aromatic N) is 2. The number of nitrogens with one attached hydrogen (secondary N) is 1. The second kappa shape index (κ2) is 7.66. The number of ether oxygens (including phenoxy) is 1. The molecule has 2 aromatic rings. The fourth-order valence-electron chi connectivity index (χ4n) is 3.85. The van der Waals surface area contributed by atoms with Gasteiger partial charge in [0.2, 0.25) is 5.91 Å². The third kappa shape index (κ3) is 3.66. The van der Waals surface area contributed by atoms with Gasteiger partial charge in [0.15, 0.2) is 5.13 Å². The van der Waals surface area contributed by atoms with Crippen molar-refractivity contribution in [3.8, 4) is 0 Å². The first-order valence-electron chi connectivity index (χ1n) is 9.27. The van der Waals surface area contributed by atoms with Crippen LogP contribution in [-0.4, -0.2) is 41.5 Å². The average Bonchev–Trinajstić information content (AvgIpc) is 3.29. The molecule has 0 aliphatic carbocycles. The van der Waals surface area contributed by atoms with Gasteiger partial charge in [-0.25, -0.2) is 4.98 Å². The molecule has 2 aliphatic rings. The van der Waals surface area contributed by atoms with Crippen LogP contribution >= 0.6 is 22.7 Å². The van der Waals surface area contributed by atoms with E-state index in [1.54, 1.807) is 22.7 Å². The zero-order chi connectivity index (χ0) is 18.1. The maximum Gasteiger partial charge on any atom is 0.228 e. The second-order valence-electron chi connectivity index (χ2n) is 7.17. The van der Waals surface area contributed by atoms with E-state index in [9.17, 15) is 4.79 Å². The molecule has 7 heteroatoms. The van der Waals surface area contributed by atoms with Crippen molar-refractivity contribution in [2.24, 2.45) is 5.92 Å². The maximum atomic E-state index is 13.0. The van der Waals surface area contributed by atoms with Crippen LogP contribution in [0.2, 0.25) is 0 Å². The van der Waals surface area contributed by atoms with Gasteiger partial charge < -0.3 is 15.0 Å². The molecule has 5 nitrogen and oxygen atoms in total. The van der Waals surface area contributed by atoms with Crippen LogP contribution in [0.1, 0.15) is 42.0 Å². The van der Waals surface area contributed by atoms with E-state index in [-0.39, 0.29) is 17.9 Å². The lowest BCUT2D eigenvalue weighted by molar-refractivity contribution is -0.142. The standard InChI is InChI=1S/C19H25N3O2S2/c1-12-11-26-19(20-12)21-14-3-7-22(8-4-14)18(23)13(2)17-15-6-10-25-16(15)5-9-24-17/h6,10-11,13-14,17H,3-5,7-9H2,1-2H3,(H,20,21)/t13-,17-/m0/s1. The highest BCUT2D eigenvalue weighted by atomic mass is 32.1. The maximum absolute atomic E-state index is 13.0. The van der Waals surface area contributed by atoms with E-state index in [1.165, 1.54) is 10.4 Å². The number of hydrogen-bond acceptors (Lipinski definition) is 6. The number of amides is 1. The third-order valence-electron chi connectivity index (χ3n) is 5.31. The second-order valence-corrected chi connectivity index (χ2v) is 9.03. The number of aromatic nitrogens is 1. The Balaban J connectivity index is 1.34. The third-order valence-corrected chi connectivity index (χ3v) is 7.20. The molecule has 2 aromatic heterocycles. The van der Waals surface area contributed by atoms with Crippen molar-refractivity contribution in [3.63, 3.8) is 0 Å². The number of aryl methyl sites for hydroxylation is 1. The molecule has 2 aliphatic heterocycles. The Morgan fingerprint density at radius 2 is 2.19 bits per heavy atom. The van der Waals surface area contributed by atoms with Crippen LogP contribution in [0.15, 0.2) is 16.8 Å². The number of thiazole rings is 1. The molecular formula is C19H25N3O2S2. The molecule has 1 fully saturated rings. The molecule has 2 atom stereocenters. The molecule has 0 unspecified atom stereocenters. The normalized spacial score (nSPS) is 22.1. The van der Waals surface area contributed by atoms with Gasteiger partial charge in [-0.2, -0.15) is 0 Å². The average molecular weight is 392 g/mol. The number of anilines is 1. The summed E-state index contributed by atoms with van der Waals surface area (Å²) >= 11 is 3.43. The van der Waals surface area contributed by atoms with E-state index < -0.39 is 0 Å². The SMILES string of the molecule is Cc1csc(NC2CCN(C(=O)[C@@H](C)[C@@H]3OCCc4sccc43)CC2)n1. The molecule has 1 amide bonds. The molecule has 140 valence electrons. The number of carbonyl (C=O) groups is 1. The topological polar surface area (TPSA) is 54.5 Å². The quantitative estimate of drug-likeness (QED) is 0.860. The van der Waals surface area contributed by atoms with Gasteiger partial charge in [0.25, 0.3) is 0 Å². The Morgan fingerprint density at radius 3 is 2.92 bits per heavy atom. The van der Waals surface area contributed by atoms with Crippen LogP contribution in [-0.2, 0) is 16.0 Å². The Hall–Kier alpha value is -1.44. The van der Waals surface area contributed by atoms with Crippen molar-refractivity contribution in [3.05, 3.63) is 33.0 Å². The fourth-order valence-corrected chi connectivity index (χ4v) is 5.51. The van der Waals surface area contributed by atoms with Gasteiger partial charge in [0.05, 0.1) is 24.3 Å². The largest absolute Gasteiger partial charge is 0.372 e. The van der Waals surface area contributed by atoms with Gasteiger partial charge in [-0.15, -0.1) is 22.7 Å². The van der Waals surface area contributed by atoms with Gasteiger partial charge >= 0.3 is 0 Å². The highest BCUT2D eigenvalue weighted by molar-refractivity contribution is 7.13. The summed E-state index contributed by atoms with van der Waals surface area (Å²) in [6.45, 7) is 6.34. The number of thiophene rings is 1. The molecule has 0 saturated carbocycles. The molecule has 0 spiro atoms. The monoisotopic (exact) mass is 391 g/mol. The first-order valence-corrected chi connectivity index (χ1v) is 11.0. The summed E-state index contributed by atoms with van der Waals surface area (Å²) in [5, 5.41) is 8.67. The van der Waals surface area contributed by atoms with Gasteiger partial charge in [-0.1, -0.05) is 6.92 Å². The zero-order valence-corrected chi connectivity index (χ0v) is 16.9. The number of carbonyl (C=O) groups excluding carboxylic acids is 1. The van der Waals surface area contributed by atoms with Gasteiger partial charge in [0.1, 0.15) is 0 Å². The summed E-state index contributed by atoms with van der Waals surface area (Å²) < 4.78 is 5.98. The summed E-state index contributed by atoms with van der Waals surface area (Å²) in [5.74, 6) is 0.0902. The minimum atomic E-state index is -0.130. The van der Waals surface area contributed by atoms with E-state index in [1.807, 2.05) is 18.7 Å². The van der Waals surface area contributed by atoms with Gasteiger partial charge in [0, 0.05) is 35.8 Å². The van der Waals surface area contributed by atoms with E-state index in [0.29, 0.717) is 6.04 Å². The van der Waals surface area contributed by atoms with Gasteiger partial charge in [-0.3, -0.25) is 4.79 Å². The smallest absolute Gasteiger partial charge is 0.228 e. The fraction of sp³-hybridized carbons (Fsp3) is 0.579. The minimum Gasteiger partial charge on any atom is -0.372 e. The number of likely N-dealkylation sites (tertiary alicyclic amines) is 1. The van der Waals surface area contributed by atoms with Crippen LogP contribution in [0, 0.1) is 12.8 Å². The molecule has 0 bridgehead atoms. The number of fused-ring (bicyclic) bond motifs is 1. The van der Waals surface area contributed by atoms with Crippen molar-refractivity contribution < 1.29 is 9.53 Å². The number of rotatable bonds is 4. The molecular weight excluding hydrogens is 366 g/mol. The highest BCUT2D eigenvalue weighted by Gasteiger charge is 2.34. The summed E-state index contributed by atoms with van der Waals surface area (Å²) in [4.78, 5) is 20.9. The lowest BCUT2D eigenvalue weighted by Gasteiger charge is -2.36. The van der Waals surface area contributed by atoms with Crippen molar-refractivity contribution in [2.75, 3.05) is 25.0 Å². The highest BCUT2D eigenvalue weighted by Crippen LogP contribution is 2.36. The van der Waals surface area contributed by atoms with Crippen LogP contribution in [0.25, 0.3) is 0 Å². The Morgan fingerprint density at radius 1 is 1.38 bits per heavy atom. The summed E-state index contributed by atoms with van der Waals surface area (Å²) in [5.41, 5.74) is 2.28. The predicted molar refractivity (Wildman–Crippen MR) is 106 cm³/mol. The first kappa shape index (κ1) is 17.9. The van der Waals surface area contributed by atoms with Crippen LogP contribution < -0.4 is 5.32 Å². The molecule has 26 heavy (non-hydrogen) atoms.